The predicted molar refractivity (Wildman–Crippen MR) is 143 cm³/mol. The first-order valence-electron chi connectivity index (χ1n) is 12.5. The molecule has 0 bridgehead atoms. The molecule has 36 heavy (non-hydrogen) atoms. The lowest BCUT2D eigenvalue weighted by Gasteiger charge is -2.25. The van der Waals surface area contributed by atoms with E-state index < -0.39 is 0 Å². The molecule has 5 nitrogen and oxygen atoms in total. The molecule has 1 fully saturated rings. The number of methoxy groups -OCH3 is 2. The molecule has 1 aromatic heterocycles. The van der Waals surface area contributed by atoms with Gasteiger partial charge in [-0.2, -0.15) is 0 Å². The maximum absolute atomic E-state index is 12.9. The SMILES string of the molecule is COc1cccc(C2(c3cccc(OC)c3)C[C@H]2/C=C/C(=O)NC(C)(C)CCCc2cccnc2)c1. The maximum Gasteiger partial charge on any atom is 0.244 e. The molecule has 0 spiro atoms. The van der Waals surface area contributed by atoms with E-state index in [1.165, 1.54) is 16.7 Å². The molecule has 1 N–H and O–H groups in total. The highest BCUT2D eigenvalue weighted by molar-refractivity contribution is 5.88. The van der Waals surface area contributed by atoms with Gasteiger partial charge in [-0.25, -0.2) is 0 Å². The fourth-order valence-electron chi connectivity index (χ4n) is 5.07. The van der Waals surface area contributed by atoms with Gasteiger partial charge in [-0.3, -0.25) is 9.78 Å². The lowest BCUT2D eigenvalue weighted by atomic mass is 9.85. The zero-order valence-corrected chi connectivity index (χ0v) is 21.7. The summed E-state index contributed by atoms with van der Waals surface area (Å²) in [7, 11) is 3.37. The van der Waals surface area contributed by atoms with Crippen molar-refractivity contribution in [2.75, 3.05) is 14.2 Å². The Kier molecular flexibility index (Phi) is 7.78. The van der Waals surface area contributed by atoms with E-state index in [1.54, 1.807) is 26.5 Å². The van der Waals surface area contributed by atoms with Gasteiger partial charge in [0.2, 0.25) is 5.91 Å². The quantitative estimate of drug-likeness (QED) is 0.345. The van der Waals surface area contributed by atoms with Crippen LogP contribution in [0.25, 0.3) is 0 Å². The van der Waals surface area contributed by atoms with Gasteiger partial charge >= 0.3 is 0 Å². The molecule has 188 valence electrons. The van der Waals surface area contributed by atoms with Crippen LogP contribution in [0.3, 0.4) is 0 Å². The van der Waals surface area contributed by atoms with E-state index in [4.69, 9.17) is 9.47 Å². The van der Waals surface area contributed by atoms with Gasteiger partial charge in [0.15, 0.2) is 0 Å². The van der Waals surface area contributed by atoms with E-state index in [9.17, 15) is 4.79 Å². The molecule has 3 aromatic rings. The number of carbonyl (C=O) groups is 1. The third-order valence-corrected chi connectivity index (χ3v) is 7.12. The topological polar surface area (TPSA) is 60.5 Å². The predicted octanol–water partition coefficient (Wildman–Crippen LogP) is 5.88. The molecule has 2 aromatic carbocycles. The van der Waals surface area contributed by atoms with Crippen molar-refractivity contribution in [2.45, 2.75) is 50.5 Å². The van der Waals surface area contributed by atoms with E-state index in [-0.39, 0.29) is 22.8 Å². The van der Waals surface area contributed by atoms with Crippen molar-refractivity contribution in [3.8, 4) is 11.5 Å². The summed E-state index contributed by atoms with van der Waals surface area (Å²) in [5.74, 6) is 1.81. The number of carbonyl (C=O) groups excluding carboxylic acids is 1. The minimum atomic E-state index is -0.288. The van der Waals surface area contributed by atoms with Crippen molar-refractivity contribution in [3.05, 3.63) is 102 Å². The number of aryl methyl sites for hydroxylation is 1. The summed E-state index contributed by atoms with van der Waals surface area (Å²) >= 11 is 0. The van der Waals surface area contributed by atoms with Crippen molar-refractivity contribution in [1.29, 1.82) is 0 Å². The average molecular weight is 485 g/mol. The van der Waals surface area contributed by atoms with Crippen LogP contribution in [0.15, 0.2) is 85.2 Å². The number of nitrogens with one attached hydrogen (secondary N) is 1. The summed E-state index contributed by atoms with van der Waals surface area (Å²) in [5, 5.41) is 3.19. The van der Waals surface area contributed by atoms with Gasteiger partial charge in [0.05, 0.1) is 14.2 Å². The standard InChI is InChI=1S/C31H36N2O3/c1-30(2,17-7-9-23-10-8-18-32-22-23)33-29(34)16-15-26-21-31(26,24-11-5-13-27(19-24)35-3)25-12-6-14-28(20-25)36-4/h5-6,8,10-16,18-20,22,26H,7,9,17,21H2,1-4H3,(H,33,34)/b16-15+/t26-/m1/s1. The van der Waals surface area contributed by atoms with Crippen molar-refractivity contribution in [3.63, 3.8) is 0 Å². The number of nitrogens with zero attached hydrogens (tertiary/aromatic N) is 1. The normalized spacial score (nSPS) is 16.5. The Balaban J connectivity index is 1.44. The molecule has 1 saturated carbocycles. The zero-order chi connectivity index (χ0) is 25.6. The highest BCUT2D eigenvalue weighted by Gasteiger charge is 2.55. The number of ether oxygens (including phenoxy) is 2. The Morgan fingerprint density at radius 1 is 1.06 bits per heavy atom. The summed E-state index contributed by atoms with van der Waals surface area (Å²) < 4.78 is 11.0. The second kappa shape index (κ2) is 11.0. The summed E-state index contributed by atoms with van der Waals surface area (Å²) in [5.41, 5.74) is 3.09. The van der Waals surface area contributed by atoms with Gasteiger partial charge in [0.25, 0.3) is 0 Å². The lowest BCUT2D eigenvalue weighted by Crippen LogP contribution is -2.42. The number of rotatable bonds is 11. The molecule has 0 saturated heterocycles. The van der Waals surface area contributed by atoms with Crippen molar-refractivity contribution in [1.82, 2.24) is 10.3 Å². The average Bonchev–Trinajstić information content (AvgIpc) is 3.63. The fraction of sp³-hybridized carbons (Fsp3) is 0.355. The van der Waals surface area contributed by atoms with E-state index in [1.807, 2.05) is 36.5 Å². The van der Waals surface area contributed by atoms with E-state index in [0.717, 1.165) is 37.2 Å². The Hall–Kier alpha value is -3.60. The van der Waals surface area contributed by atoms with Crippen LogP contribution in [0.2, 0.25) is 0 Å². The lowest BCUT2D eigenvalue weighted by molar-refractivity contribution is -0.118. The summed E-state index contributed by atoms with van der Waals surface area (Å²) in [6.07, 6.45) is 11.2. The Labute approximate surface area is 214 Å². The van der Waals surface area contributed by atoms with Crippen LogP contribution in [0.5, 0.6) is 11.5 Å². The molecule has 1 aliphatic carbocycles. The molecule has 5 heteroatoms. The van der Waals surface area contributed by atoms with Crippen molar-refractivity contribution < 1.29 is 14.3 Å². The third-order valence-electron chi connectivity index (χ3n) is 7.12. The number of pyridine rings is 1. The van der Waals surface area contributed by atoms with Gasteiger partial charge in [0.1, 0.15) is 11.5 Å². The molecule has 0 unspecified atom stereocenters. The molecule has 1 aliphatic rings. The molecule has 1 amide bonds. The molecular formula is C31H36N2O3. The van der Waals surface area contributed by atoms with Crippen LogP contribution in [-0.4, -0.2) is 30.6 Å². The highest BCUT2D eigenvalue weighted by atomic mass is 16.5. The summed E-state index contributed by atoms with van der Waals surface area (Å²) in [6.45, 7) is 4.16. The van der Waals surface area contributed by atoms with Crippen LogP contribution in [-0.2, 0) is 16.6 Å². The first-order valence-corrected chi connectivity index (χ1v) is 12.5. The van der Waals surface area contributed by atoms with E-state index >= 15 is 0 Å². The number of benzene rings is 2. The maximum atomic E-state index is 12.9. The van der Waals surface area contributed by atoms with Crippen LogP contribution in [0, 0.1) is 5.92 Å². The Bertz CT molecular complexity index is 1160. The first kappa shape index (κ1) is 25.5. The van der Waals surface area contributed by atoms with Gasteiger partial charge in [0, 0.05) is 23.3 Å². The molecule has 0 aliphatic heterocycles. The number of aromatic nitrogens is 1. The largest absolute Gasteiger partial charge is 0.497 e. The second-order valence-corrected chi connectivity index (χ2v) is 10.2. The highest BCUT2D eigenvalue weighted by Crippen LogP contribution is 2.60. The number of amides is 1. The number of allylic oxidation sites excluding steroid dienone is 1. The molecular weight excluding hydrogens is 448 g/mol. The van der Waals surface area contributed by atoms with Gasteiger partial charge in [-0.1, -0.05) is 36.4 Å². The van der Waals surface area contributed by atoms with Crippen molar-refractivity contribution >= 4 is 5.91 Å². The van der Waals surface area contributed by atoms with Crippen LogP contribution in [0.4, 0.5) is 0 Å². The van der Waals surface area contributed by atoms with Crippen LogP contribution < -0.4 is 14.8 Å². The number of hydrogen-bond donors (Lipinski definition) is 1. The summed E-state index contributed by atoms with van der Waals surface area (Å²) in [6, 6.07) is 20.5. The van der Waals surface area contributed by atoms with Gasteiger partial charge in [-0.15, -0.1) is 0 Å². The monoisotopic (exact) mass is 484 g/mol. The van der Waals surface area contributed by atoms with Crippen molar-refractivity contribution in [2.24, 2.45) is 5.92 Å². The second-order valence-electron chi connectivity index (χ2n) is 10.2. The van der Waals surface area contributed by atoms with E-state index in [0.29, 0.717) is 0 Å². The molecule has 0 radical (unpaired) electrons. The van der Waals surface area contributed by atoms with Crippen LogP contribution >= 0.6 is 0 Å². The molecule has 1 atom stereocenters. The smallest absolute Gasteiger partial charge is 0.244 e. The molecule has 4 rings (SSSR count). The number of hydrogen-bond acceptors (Lipinski definition) is 4. The Morgan fingerprint density at radius 3 is 2.31 bits per heavy atom. The van der Waals surface area contributed by atoms with Gasteiger partial charge < -0.3 is 14.8 Å². The zero-order valence-electron chi connectivity index (χ0n) is 21.7. The van der Waals surface area contributed by atoms with Gasteiger partial charge in [-0.05, 0) is 98.5 Å². The summed E-state index contributed by atoms with van der Waals surface area (Å²) in [4.78, 5) is 17.0. The molecule has 1 heterocycles. The fourth-order valence-corrected chi connectivity index (χ4v) is 5.07. The van der Waals surface area contributed by atoms with E-state index in [2.05, 4.69) is 60.6 Å². The first-order chi connectivity index (χ1) is 17.4. The minimum absolute atomic E-state index is 0.0570. The van der Waals surface area contributed by atoms with Crippen LogP contribution in [0.1, 0.15) is 49.8 Å². The third kappa shape index (κ3) is 5.96. The minimum Gasteiger partial charge on any atom is -0.497 e. The Morgan fingerprint density at radius 2 is 1.72 bits per heavy atom.